The predicted molar refractivity (Wildman–Crippen MR) is 154 cm³/mol. The van der Waals surface area contributed by atoms with Crippen molar-refractivity contribution in [1.29, 1.82) is 0 Å². The van der Waals surface area contributed by atoms with E-state index in [4.69, 9.17) is 0 Å². The highest BCUT2D eigenvalue weighted by molar-refractivity contribution is 5.93. The van der Waals surface area contributed by atoms with Gasteiger partial charge < -0.3 is 15.5 Å². The van der Waals surface area contributed by atoms with Crippen molar-refractivity contribution in [2.45, 2.75) is 105 Å². The summed E-state index contributed by atoms with van der Waals surface area (Å²) in [5.74, 6) is -0.357. The number of rotatable bonds is 11. The highest BCUT2D eigenvalue weighted by Gasteiger charge is 2.36. The van der Waals surface area contributed by atoms with Crippen molar-refractivity contribution in [1.82, 2.24) is 20.4 Å². The molecule has 1 heterocycles. The van der Waals surface area contributed by atoms with Gasteiger partial charge in [-0.3, -0.25) is 19.3 Å². The zero-order chi connectivity index (χ0) is 28.6. The van der Waals surface area contributed by atoms with Crippen LogP contribution in [0.2, 0.25) is 0 Å². The molecule has 3 amide bonds. The first-order valence-corrected chi connectivity index (χ1v) is 14.2. The molecular weight excluding hydrogens is 476 g/mol. The summed E-state index contributed by atoms with van der Waals surface area (Å²) in [6.07, 6.45) is 4.80. The molecule has 4 atom stereocenters. The highest BCUT2D eigenvalue weighted by Crippen LogP contribution is 2.22. The molecule has 0 saturated carbocycles. The summed E-state index contributed by atoms with van der Waals surface area (Å²) in [6, 6.07) is 8.84. The van der Waals surface area contributed by atoms with Gasteiger partial charge in [-0.15, -0.1) is 0 Å². The second-order valence-electron chi connectivity index (χ2n) is 11.7. The number of carbonyl (C=O) groups excluding carboxylic acids is 3. The maximum atomic E-state index is 13.7. The average molecular weight is 527 g/mol. The zero-order valence-corrected chi connectivity index (χ0v) is 25.0. The van der Waals surface area contributed by atoms with E-state index < -0.39 is 6.04 Å². The number of hydrogen-bond acceptors (Lipinski definition) is 4. The van der Waals surface area contributed by atoms with Crippen LogP contribution in [0.25, 0.3) is 0 Å². The summed E-state index contributed by atoms with van der Waals surface area (Å²) >= 11 is 0. The van der Waals surface area contributed by atoms with Crippen molar-refractivity contribution in [3.8, 4) is 0 Å². The van der Waals surface area contributed by atoms with Gasteiger partial charge in [0.05, 0.1) is 18.1 Å². The third kappa shape index (κ3) is 8.42. The lowest BCUT2D eigenvalue weighted by molar-refractivity contribution is -0.140. The molecule has 0 aromatic heterocycles. The van der Waals surface area contributed by atoms with E-state index in [0.717, 1.165) is 31.4 Å². The molecule has 2 N–H and O–H groups in total. The Hall–Kier alpha value is -2.67. The second kappa shape index (κ2) is 14.5. The molecule has 7 heteroatoms. The Labute approximate surface area is 230 Å². The van der Waals surface area contributed by atoms with E-state index in [-0.39, 0.29) is 53.7 Å². The number of likely N-dealkylation sites (tertiary alicyclic amines) is 1. The zero-order valence-electron chi connectivity index (χ0n) is 25.0. The molecule has 1 saturated heterocycles. The Morgan fingerprint density at radius 2 is 1.58 bits per heavy atom. The smallest absolute Gasteiger partial charge is 0.247 e. The molecule has 1 aliphatic heterocycles. The van der Waals surface area contributed by atoms with Crippen molar-refractivity contribution in [3.63, 3.8) is 0 Å². The van der Waals surface area contributed by atoms with E-state index in [1.807, 2.05) is 71.0 Å². The van der Waals surface area contributed by atoms with E-state index in [0.29, 0.717) is 5.57 Å². The van der Waals surface area contributed by atoms with Crippen LogP contribution in [0.3, 0.4) is 0 Å². The quantitative estimate of drug-likeness (QED) is 0.410. The number of benzene rings is 1. The first-order chi connectivity index (χ1) is 17.8. The minimum atomic E-state index is -0.634. The maximum absolute atomic E-state index is 13.7. The lowest BCUT2D eigenvalue weighted by Gasteiger charge is -2.39. The van der Waals surface area contributed by atoms with E-state index in [9.17, 15) is 14.4 Å². The molecule has 0 aliphatic carbocycles. The number of likely N-dealkylation sites (N-methyl/N-ethyl adjacent to an activating group) is 1. The molecule has 1 aromatic rings. The fourth-order valence-electron chi connectivity index (χ4n) is 5.20. The topological polar surface area (TPSA) is 81.8 Å². The molecule has 212 valence electrons. The van der Waals surface area contributed by atoms with E-state index in [2.05, 4.69) is 29.4 Å². The Morgan fingerprint density at radius 3 is 2.13 bits per heavy atom. The SMILES string of the molecule is CC(=C[C@H](C(C)C)N(C)C(=O)[C@@H](NC(=O)[C@H]1CCCCN1C(C)C)C(C)C)C(=O)N[C@H](C)c1ccccc1. The summed E-state index contributed by atoms with van der Waals surface area (Å²) in [6.45, 7) is 16.9. The lowest BCUT2D eigenvalue weighted by atomic mass is 9.95. The number of carbonyl (C=O) groups is 3. The minimum absolute atomic E-state index is 0.0686. The molecular formula is C31H50N4O3. The number of nitrogens with zero attached hydrogens (tertiary/aromatic N) is 2. The fourth-order valence-corrected chi connectivity index (χ4v) is 5.20. The van der Waals surface area contributed by atoms with Crippen molar-refractivity contribution in [3.05, 3.63) is 47.5 Å². The second-order valence-corrected chi connectivity index (χ2v) is 11.7. The summed E-state index contributed by atoms with van der Waals surface area (Å²) in [5.41, 5.74) is 1.59. The summed E-state index contributed by atoms with van der Waals surface area (Å²) in [7, 11) is 1.77. The van der Waals surface area contributed by atoms with Crippen LogP contribution in [0, 0.1) is 11.8 Å². The fraction of sp³-hybridized carbons (Fsp3) is 0.645. The van der Waals surface area contributed by atoms with Crippen LogP contribution in [0.5, 0.6) is 0 Å². The third-order valence-corrected chi connectivity index (χ3v) is 7.64. The lowest BCUT2D eigenvalue weighted by Crippen LogP contribution is -2.58. The Kier molecular flexibility index (Phi) is 12.0. The number of amides is 3. The molecule has 1 aliphatic rings. The number of hydrogen-bond donors (Lipinski definition) is 2. The molecule has 7 nitrogen and oxygen atoms in total. The molecule has 2 rings (SSSR count). The number of piperidine rings is 1. The van der Waals surface area contributed by atoms with Crippen LogP contribution in [0.1, 0.15) is 86.3 Å². The monoisotopic (exact) mass is 526 g/mol. The first kappa shape index (κ1) is 31.5. The molecule has 38 heavy (non-hydrogen) atoms. The van der Waals surface area contributed by atoms with Gasteiger partial charge in [0.15, 0.2) is 0 Å². The van der Waals surface area contributed by atoms with E-state index in [1.54, 1.807) is 18.9 Å². The molecule has 0 spiro atoms. The maximum Gasteiger partial charge on any atom is 0.247 e. The standard InChI is InChI=1S/C31H50N4O3/c1-20(2)27(19-23(7)29(36)32-24(8)25-15-11-10-12-16-25)34(9)31(38)28(21(3)4)33-30(37)26-17-13-14-18-35(26)22(5)6/h10-12,15-16,19-22,24,26-28H,13-14,17-18H2,1-9H3,(H,32,36)(H,33,37)/t24-,26-,27-,28+/m1/s1. The van der Waals surface area contributed by atoms with Gasteiger partial charge in [0.1, 0.15) is 6.04 Å². The molecule has 0 unspecified atom stereocenters. The van der Waals surface area contributed by atoms with Crippen LogP contribution in [0.4, 0.5) is 0 Å². The Bertz CT molecular complexity index is 957. The Morgan fingerprint density at radius 1 is 0.947 bits per heavy atom. The first-order valence-electron chi connectivity index (χ1n) is 14.2. The molecule has 0 radical (unpaired) electrons. The van der Waals surface area contributed by atoms with Crippen LogP contribution < -0.4 is 10.6 Å². The average Bonchev–Trinajstić information content (AvgIpc) is 2.89. The Balaban J connectivity index is 2.16. The van der Waals surface area contributed by atoms with Gasteiger partial charge in [-0.05, 0) is 64.5 Å². The van der Waals surface area contributed by atoms with Crippen LogP contribution in [-0.4, -0.2) is 65.3 Å². The van der Waals surface area contributed by atoms with Crippen molar-refractivity contribution >= 4 is 17.7 Å². The number of nitrogens with one attached hydrogen (secondary N) is 2. The van der Waals surface area contributed by atoms with Crippen molar-refractivity contribution in [2.24, 2.45) is 11.8 Å². The van der Waals surface area contributed by atoms with Gasteiger partial charge in [0.25, 0.3) is 0 Å². The van der Waals surface area contributed by atoms with Gasteiger partial charge in [-0.25, -0.2) is 0 Å². The van der Waals surface area contributed by atoms with E-state index in [1.165, 1.54) is 0 Å². The molecule has 1 aromatic carbocycles. The minimum Gasteiger partial charge on any atom is -0.346 e. The van der Waals surface area contributed by atoms with E-state index >= 15 is 0 Å². The summed E-state index contributed by atoms with van der Waals surface area (Å²) < 4.78 is 0. The molecule has 0 bridgehead atoms. The predicted octanol–water partition coefficient (Wildman–Crippen LogP) is 4.70. The van der Waals surface area contributed by atoms with Crippen molar-refractivity contribution < 1.29 is 14.4 Å². The molecule has 1 fully saturated rings. The highest BCUT2D eigenvalue weighted by atomic mass is 16.2. The van der Waals surface area contributed by atoms with Crippen LogP contribution >= 0.6 is 0 Å². The summed E-state index contributed by atoms with van der Waals surface area (Å²) in [4.78, 5) is 44.0. The van der Waals surface area contributed by atoms with Crippen LogP contribution in [0.15, 0.2) is 42.0 Å². The van der Waals surface area contributed by atoms with Crippen LogP contribution in [-0.2, 0) is 14.4 Å². The van der Waals surface area contributed by atoms with Gasteiger partial charge in [0.2, 0.25) is 17.7 Å². The van der Waals surface area contributed by atoms with Crippen molar-refractivity contribution in [2.75, 3.05) is 13.6 Å². The third-order valence-electron chi connectivity index (χ3n) is 7.64. The largest absolute Gasteiger partial charge is 0.346 e. The van der Waals surface area contributed by atoms with Gasteiger partial charge in [0, 0.05) is 18.7 Å². The van der Waals surface area contributed by atoms with Gasteiger partial charge in [-0.1, -0.05) is 70.5 Å². The van der Waals surface area contributed by atoms with Gasteiger partial charge in [-0.2, -0.15) is 0 Å². The van der Waals surface area contributed by atoms with Gasteiger partial charge >= 0.3 is 0 Å². The summed E-state index contributed by atoms with van der Waals surface area (Å²) in [5, 5.41) is 6.15. The normalized spacial score (nSPS) is 19.3.